The molecule has 6 nitrogen and oxygen atoms in total. The number of nitrogens with zero attached hydrogens (tertiary/aromatic N) is 3. The van der Waals surface area contributed by atoms with Gasteiger partial charge in [0.15, 0.2) is 0 Å². The Hall–Kier alpha value is -2.08. The Morgan fingerprint density at radius 3 is 3.00 bits per heavy atom. The summed E-state index contributed by atoms with van der Waals surface area (Å²) in [6.45, 7) is 5.27. The van der Waals surface area contributed by atoms with E-state index in [4.69, 9.17) is 11.6 Å². The summed E-state index contributed by atoms with van der Waals surface area (Å²) in [7, 11) is 0. The third-order valence-electron chi connectivity index (χ3n) is 2.88. The van der Waals surface area contributed by atoms with E-state index < -0.39 is 0 Å². The fourth-order valence-electron chi connectivity index (χ4n) is 1.95. The molecule has 0 saturated heterocycles. The molecular weight excluding hydrogens is 290 g/mol. The number of aromatic nitrogens is 3. The van der Waals surface area contributed by atoms with Crippen molar-refractivity contribution in [2.45, 2.75) is 26.4 Å². The number of carbonyl (C=O) groups excluding carboxylic acids is 1. The normalized spacial score (nSPS) is 12.0. The number of nitrogens with one attached hydrogen (secondary N) is 2. The van der Waals surface area contributed by atoms with Gasteiger partial charge in [-0.1, -0.05) is 11.6 Å². The first-order valence-corrected chi connectivity index (χ1v) is 7.14. The van der Waals surface area contributed by atoms with Gasteiger partial charge in [-0.05, 0) is 19.9 Å². The highest BCUT2D eigenvalue weighted by molar-refractivity contribution is 6.33. The van der Waals surface area contributed by atoms with Gasteiger partial charge in [-0.25, -0.2) is 9.97 Å². The van der Waals surface area contributed by atoms with Crippen molar-refractivity contribution < 1.29 is 4.79 Å². The van der Waals surface area contributed by atoms with Gasteiger partial charge in [0.1, 0.15) is 5.82 Å². The van der Waals surface area contributed by atoms with Crippen LogP contribution >= 0.6 is 11.6 Å². The highest BCUT2D eigenvalue weighted by Crippen LogP contribution is 2.18. The number of imidazole rings is 1. The van der Waals surface area contributed by atoms with E-state index >= 15 is 0 Å². The Morgan fingerprint density at radius 2 is 2.33 bits per heavy atom. The molecule has 0 aliphatic carbocycles. The van der Waals surface area contributed by atoms with Gasteiger partial charge in [-0.3, -0.25) is 4.79 Å². The van der Waals surface area contributed by atoms with Crippen LogP contribution in [0.25, 0.3) is 0 Å². The van der Waals surface area contributed by atoms with Crippen LogP contribution in [0.1, 0.15) is 24.2 Å². The zero-order valence-electron chi connectivity index (χ0n) is 12.0. The fourth-order valence-corrected chi connectivity index (χ4v) is 2.14. The van der Waals surface area contributed by atoms with Crippen LogP contribution in [-0.4, -0.2) is 33.0 Å². The van der Waals surface area contributed by atoms with Crippen LogP contribution in [0.3, 0.4) is 0 Å². The molecule has 2 aromatic heterocycles. The lowest BCUT2D eigenvalue weighted by Gasteiger charge is -2.15. The van der Waals surface area contributed by atoms with Crippen LogP contribution in [0.4, 0.5) is 5.82 Å². The molecule has 21 heavy (non-hydrogen) atoms. The van der Waals surface area contributed by atoms with Gasteiger partial charge in [0, 0.05) is 37.7 Å². The van der Waals surface area contributed by atoms with Gasteiger partial charge < -0.3 is 15.2 Å². The van der Waals surface area contributed by atoms with Crippen LogP contribution in [0.5, 0.6) is 0 Å². The smallest absolute Gasteiger partial charge is 0.253 e. The zero-order valence-corrected chi connectivity index (χ0v) is 12.8. The SMILES string of the molecule is CCNc1cc(C(=O)NC(C)Cn2ccnc2)c(Cl)cn1. The number of halogens is 1. The summed E-state index contributed by atoms with van der Waals surface area (Å²) in [5.41, 5.74) is 0.417. The lowest BCUT2D eigenvalue weighted by molar-refractivity contribution is 0.0937. The molecular formula is C14H18ClN5O. The highest BCUT2D eigenvalue weighted by Gasteiger charge is 2.14. The summed E-state index contributed by atoms with van der Waals surface area (Å²) in [5.74, 6) is 0.420. The van der Waals surface area contributed by atoms with Crippen molar-refractivity contribution in [3.8, 4) is 0 Å². The second-order valence-corrected chi connectivity index (χ2v) is 5.12. The molecule has 1 atom stereocenters. The summed E-state index contributed by atoms with van der Waals surface area (Å²) in [6.07, 6.45) is 6.75. The van der Waals surface area contributed by atoms with E-state index in [2.05, 4.69) is 20.6 Å². The molecule has 7 heteroatoms. The van der Waals surface area contributed by atoms with Gasteiger partial charge in [-0.2, -0.15) is 0 Å². The van der Waals surface area contributed by atoms with E-state index in [1.807, 2.05) is 24.6 Å². The largest absolute Gasteiger partial charge is 0.370 e. The second kappa shape index (κ2) is 7.08. The minimum atomic E-state index is -0.214. The number of rotatable bonds is 6. The maximum Gasteiger partial charge on any atom is 0.253 e. The third-order valence-corrected chi connectivity index (χ3v) is 3.18. The summed E-state index contributed by atoms with van der Waals surface area (Å²) < 4.78 is 1.91. The maximum atomic E-state index is 12.3. The molecule has 2 heterocycles. The van der Waals surface area contributed by atoms with E-state index in [9.17, 15) is 4.79 Å². The molecule has 2 rings (SSSR count). The van der Waals surface area contributed by atoms with Crippen LogP contribution in [-0.2, 0) is 6.54 Å². The van der Waals surface area contributed by atoms with Crippen molar-refractivity contribution in [2.24, 2.45) is 0 Å². The van der Waals surface area contributed by atoms with Crippen molar-refractivity contribution in [3.05, 3.63) is 41.6 Å². The number of anilines is 1. The molecule has 0 aliphatic heterocycles. The van der Waals surface area contributed by atoms with Crippen molar-refractivity contribution in [1.29, 1.82) is 0 Å². The third kappa shape index (κ3) is 4.19. The van der Waals surface area contributed by atoms with E-state index in [1.54, 1.807) is 18.6 Å². The standard InChI is InChI=1S/C14H18ClN5O/c1-3-17-13-6-11(12(15)7-18-13)14(21)19-10(2)8-20-5-4-16-9-20/h4-7,9-10H,3,8H2,1-2H3,(H,17,18)(H,19,21). The Labute approximate surface area is 128 Å². The predicted molar refractivity (Wildman–Crippen MR) is 82.6 cm³/mol. The quantitative estimate of drug-likeness (QED) is 0.858. The second-order valence-electron chi connectivity index (χ2n) is 4.71. The van der Waals surface area contributed by atoms with Crippen LogP contribution in [0.15, 0.2) is 31.0 Å². The molecule has 0 saturated carbocycles. The fraction of sp³-hybridized carbons (Fsp3) is 0.357. The average Bonchev–Trinajstić information content (AvgIpc) is 2.93. The van der Waals surface area contributed by atoms with E-state index in [1.165, 1.54) is 6.20 Å². The molecule has 1 unspecified atom stereocenters. The van der Waals surface area contributed by atoms with E-state index in [-0.39, 0.29) is 11.9 Å². The Morgan fingerprint density at radius 1 is 1.52 bits per heavy atom. The molecule has 0 bridgehead atoms. The number of hydrogen-bond acceptors (Lipinski definition) is 4. The molecule has 0 fully saturated rings. The van der Waals surface area contributed by atoms with E-state index in [0.717, 1.165) is 6.54 Å². The molecule has 112 valence electrons. The van der Waals surface area contributed by atoms with Gasteiger partial charge in [0.2, 0.25) is 0 Å². The number of amides is 1. The van der Waals surface area contributed by atoms with Crippen molar-refractivity contribution in [1.82, 2.24) is 19.9 Å². The lowest BCUT2D eigenvalue weighted by atomic mass is 10.2. The first-order valence-electron chi connectivity index (χ1n) is 6.76. The van der Waals surface area contributed by atoms with Crippen LogP contribution < -0.4 is 10.6 Å². The van der Waals surface area contributed by atoms with Gasteiger partial charge in [0.25, 0.3) is 5.91 Å². The molecule has 0 aromatic carbocycles. The molecule has 0 aliphatic rings. The molecule has 2 aromatic rings. The highest BCUT2D eigenvalue weighted by atomic mass is 35.5. The minimum Gasteiger partial charge on any atom is -0.370 e. The van der Waals surface area contributed by atoms with Crippen LogP contribution in [0.2, 0.25) is 5.02 Å². The van der Waals surface area contributed by atoms with Gasteiger partial charge in [-0.15, -0.1) is 0 Å². The van der Waals surface area contributed by atoms with Crippen LogP contribution in [0, 0.1) is 0 Å². The Kier molecular flexibility index (Phi) is 5.16. The Balaban J connectivity index is 2.03. The monoisotopic (exact) mass is 307 g/mol. The first kappa shape index (κ1) is 15.3. The van der Waals surface area contributed by atoms with Crippen molar-refractivity contribution >= 4 is 23.3 Å². The number of carbonyl (C=O) groups is 1. The maximum absolute atomic E-state index is 12.3. The van der Waals surface area contributed by atoms with Crippen molar-refractivity contribution in [2.75, 3.05) is 11.9 Å². The molecule has 0 spiro atoms. The topological polar surface area (TPSA) is 71.8 Å². The first-order chi connectivity index (χ1) is 10.1. The molecule has 1 amide bonds. The van der Waals surface area contributed by atoms with Gasteiger partial charge >= 0.3 is 0 Å². The number of pyridine rings is 1. The van der Waals surface area contributed by atoms with Gasteiger partial charge in [0.05, 0.1) is 16.9 Å². The summed E-state index contributed by atoms with van der Waals surface area (Å²) >= 11 is 6.05. The summed E-state index contributed by atoms with van der Waals surface area (Å²) in [6, 6.07) is 1.61. The molecule has 2 N–H and O–H groups in total. The minimum absolute atomic E-state index is 0.0430. The zero-order chi connectivity index (χ0) is 15.2. The Bertz CT molecular complexity index is 599. The van der Waals surface area contributed by atoms with E-state index in [0.29, 0.717) is 22.9 Å². The predicted octanol–water partition coefficient (Wildman–Crippen LogP) is 2.18. The lowest BCUT2D eigenvalue weighted by Crippen LogP contribution is -2.35. The number of hydrogen-bond donors (Lipinski definition) is 2. The molecule has 0 radical (unpaired) electrons. The van der Waals surface area contributed by atoms with Crippen molar-refractivity contribution in [3.63, 3.8) is 0 Å². The summed E-state index contributed by atoms with van der Waals surface area (Å²) in [5, 5.41) is 6.31. The summed E-state index contributed by atoms with van der Waals surface area (Å²) in [4.78, 5) is 20.4. The average molecular weight is 308 g/mol.